The molecule has 0 aromatic heterocycles. The normalized spacial score (nSPS) is 22.9. The van der Waals surface area contributed by atoms with Gasteiger partial charge >= 0.3 is 0 Å². The summed E-state index contributed by atoms with van der Waals surface area (Å²) in [6.45, 7) is 7.30. The molecule has 0 radical (unpaired) electrons. The number of amides is 1. The minimum absolute atomic E-state index is 0.0404. The molecule has 1 atom stereocenters. The second-order valence-electron chi connectivity index (χ2n) is 8.39. The summed E-state index contributed by atoms with van der Waals surface area (Å²) in [7, 11) is 3.89. The van der Waals surface area contributed by atoms with Crippen LogP contribution in [0.15, 0.2) is 24.3 Å². The first-order valence-corrected chi connectivity index (χ1v) is 10.4. The molecule has 2 fully saturated rings. The molecule has 0 saturated carbocycles. The molecule has 2 saturated heterocycles. The van der Waals surface area contributed by atoms with Crippen LogP contribution >= 0.6 is 0 Å². The Balaban J connectivity index is 1.55. The second-order valence-corrected chi connectivity index (χ2v) is 8.39. The number of methoxy groups -OCH3 is 1. The molecule has 1 unspecified atom stereocenters. The highest BCUT2D eigenvalue weighted by Gasteiger charge is 2.47. The van der Waals surface area contributed by atoms with E-state index in [1.54, 1.807) is 7.11 Å². The third kappa shape index (κ3) is 5.02. The Kier molecular flexibility index (Phi) is 6.77. The molecule has 1 spiro atoms. The molecule has 2 aliphatic rings. The quantitative estimate of drug-likeness (QED) is 0.798. The molecule has 27 heavy (non-hydrogen) atoms. The van der Waals surface area contributed by atoms with E-state index in [0.29, 0.717) is 12.0 Å². The van der Waals surface area contributed by atoms with Gasteiger partial charge in [-0.25, -0.2) is 0 Å². The predicted molar refractivity (Wildman–Crippen MR) is 109 cm³/mol. The third-order valence-electron chi connectivity index (χ3n) is 6.31. The first kappa shape index (κ1) is 20.2. The maximum Gasteiger partial charge on any atom is 0.237 e. The molecule has 150 valence electrons. The van der Waals surface area contributed by atoms with Gasteiger partial charge in [-0.2, -0.15) is 0 Å². The topological polar surface area (TPSA) is 44.8 Å². The van der Waals surface area contributed by atoms with Crippen molar-refractivity contribution in [2.24, 2.45) is 5.41 Å². The van der Waals surface area contributed by atoms with E-state index < -0.39 is 0 Å². The Morgan fingerprint density at radius 1 is 1.33 bits per heavy atom. The number of likely N-dealkylation sites (tertiary alicyclic amines) is 2. The molecule has 0 aliphatic carbocycles. The fourth-order valence-electron chi connectivity index (χ4n) is 4.66. The number of hydrogen-bond acceptors (Lipinski definition) is 4. The van der Waals surface area contributed by atoms with Crippen LogP contribution in [-0.4, -0.2) is 68.6 Å². The van der Waals surface area contributed by atoms with Crippen LogP contribution in [0.2, 0.25) is 0 Å². The Morgan fingerprint density at radius 3 is 2.81 bits per heavy atom. The lowest BCUT2D eigenvalue weighted by Crippen LogP contribution is -2.44. The summed E-state index contributed by atoms with van der Waals surface area (Å²) in [5, 5.41) is 3.20. The van der Waals surface area contributed by atoms with Crippen LogP contribution in [0.3, 0.4) is 0 Å². The van der Waals surface area contributed by atoms with Gasteiger partial charge < -0.3 is 15.0 Å². The van der Waals surface area contributed by atoms with Crippen molar-refractivity contribution in [3.8, 4) is 5.75 Å². The average Bonchev–Trinajstić information content (AvgIpc) is 3.03. The van der Waals surface area contributed by atoms with Gasteiger partial charge in [-0.15, -0.1) is 0 Å². The molecule has 1 N–H and O–H groups in total. The van der Waals surface area contributed by atoms with Crippen molar-refractivity contribution in [2.45, 2.75) is 45.1 Å². The molecule has 1 aromatic rings. The molecule has 0 bridgehead atoms. The van der Waals surface area contributed by atoms with Gasteiger partial charge in [0.2, 0.25) is 5.91 Å². The van der Waals surface area contributed by atoms with Crippen molar-refractivity contribution in [2.75, 3.05) is 46.9 Å². The van der Waals surface area contributed by atoms with E-state index in [9.17, 15) is 4.79 Å². The van der Waals surface area contributed by atoms with E-state index >= 15 is 0 Å². The molecular weight excluding hydrogens is 338 g/mol. The van der Waals surface area contributed by atoms with Gasteiger partial charge in [-0.05, 0) is 81.9 Å². The SMILES string of the molecule is CCCN1CC2(CCN(C)CC2)CC1C(=O)NCCc1cccc(OC)c1. The zero-order valence-electron chi connectivity index (χ0n) is 17.2. The highest BCUT2D eigenvalue weighted by molar-refractivity contribution is 5.82. The van der Waals surface area contributed by atoms with Gasteiger partial charge in [0.15, 0.2) is 0 Å². The average molecular weight is 374 g/mol. The molecule has 1 aromatic carbocycles. The number of ether oxygens (including phenoxy) is 1. The van der Waals surface area contributed by atoms with Crippen molar-refractivity contribution in [1.82, 2.24) is 15.1 Å². The van der Waals surface area contributed by atoms with E-state index in [4.69, 9.17) is 4.74 Å². The first-order valence-electron chi connectivity index (χ1n) is 10.4. The van der Waals surface area contributed by atoms with Crippen molar-refractivity contribution >= 4 is 5.91 Å². The fraction of sp³-hybridized carbons (Fsp3) is 0.682. The standard InChI is InChI=1S/C22H35N3O2/c1-4-12-25-17-22(9-13-24(2)14-10-22)16-20(25)21(26)23-11-8-18-6-5-7-19(15-18)27-3/h5-7,15,20H,4,8-14,16-17H2,1-3H3,(H,23,26). The Bertz CT molecular complexity index is 626. The minimum atomic E-state index is 0.0404. The monoisotopic (exact) mass is 373 g/mol. The highest BCUT2D eigenvalue weighted by atomic mass is 16.5. The molecule has 2 heterocycles. The molecular formula is C22H35N3O2. The van der Waals surface area contributed by atoms with Crippen LogP contribution in [-0.2, 0) is 11.2 Å². The fourth-order valence-corrected chi connectivity index (χ4v) is 4.66. The van der Waals surface area contributed by atoms with Crippen LogP contribution in [0.5, 0.6) is 5.75 Å². The smallest absolute Gasteiger partial charge is 0.237 e. The summed E-state index contributed by atoms with van der Waals surface area (Å²) in [6, 6.07) is 8.11. The van der Waals surface area contributed by atoms with Crippen molar-refractivity contribution in [1.29, 1.82) is 0 Å². The van der Waals surface area contributed by atoms with Crippen LogP contribution in [0.4, 0.5) is 0 Å². The zero-order valence-corrected chi connectivity index (χ0v) is 17.2. The minimum Gasteiger partial charge on any atom is -0.497 e. The summed E-state index contributed by atoms with van der Waals surface area (Å²) < 4.78 is 5.28. The van der Waals surface area contributed by atoms with Gasteiger partial charge in [0.1, 0.15) is 5.75 Å². The van der Waals surface area contributed by atoms with Crippen molar-refractivity contribution in [3.05, 3.63) is 29.8 Å². The van der Waals surface area contributed by atoms with Gasteiger partial charge in [-0.3, -0.25) is 9.69 Å². The highest BCUT2D eigenvalue weighted by Crippen LogP contribution is 2.43. The van der Waals surface area contributed by atoms with Crippen molar-refractivity contribution in [3.63, 3.8) is 0 Å². The molecule has 1 amide bonds. The van der Waals surface area contributed by atoms with Crippen molar-refractivity contribution < 1.29 is 9.53 Å². The van der Waals surface area contributed by atoms with Gasteiger partial charge in [-0.1, -0.05) is 19.1 Å². The summed E-state index contributed by atoms with van der Waals surface area (Å²) in [5.41, 5.74) is 1.54. The third-order valence-corrected chi connectivity index (χ3v) is 6.31. The van der Waals surface area contributed by atoms with Crippen LogP contribution < -0.4 is 10.1 Å². The molecule has 5 nitrogen and oxygen atoms in total. The number of carbonyl (C=O) groups excluding carboxylic acids is 1. The summed E-state index contributed by atoms with van der Waals surface area (Å²) >= 11 is 0. The number of piperidine rings is 1. The van der Waals surface area contributed by atoms with E-state index in [1.165, 1.54) is 18.4 Å². The Hall–Kier alpha value is -1.59. The Labute approximate surface area is 164 Å². The van der Waals surface area contributed by atoms with Crippen LogP contribution in [0.25, 0.3) is 0 Å². The summed E-state index contributed by atoms with van der Waals surface area (Å²) in [4.78, 5) is 17.8. The van der Waals surface area contributed by atoms with E-state index in [2.05, 4.69) is 35.2 Å². The van der Waals surface area contributed by atoms with Gasteiger partial charge in [0, 0.05) is 13.1 Å². The van der Waals surface area contributed by atoms with E-state index in [-0.39, 0.29) is 11.9 Å². The van der Waals surface area contributed by atoms with Gasteiger partial charge in [0.05, 0.1) is 13.2 Å². The zero-order chi connectivity index (χ0) is 19.3. The second kappa shape index (κ2) is 9.07. The number of hydrogen-bond donors (Lipinski definition) is 1. The number of nitrogens with one attached hydrogen (secondary N) is 1. The van der Waals surface area contributed by atoms with Crippen LogP contribution in [0.1, 0.15) is 38.2 Å². The predicted octanol–water partition coefficient (Wildman–Crippen LogP) is 2.55. The Morgan fingerprint density at radius 2 is 2.11 bits per heavy atom. The summed E-state index contributed by atoms with van der Waals surface area (Å²) in [5.74, 6) is 1.08. The van der Waals surface area contributed by atoms with Gasteiger partial charge in [0.25, 0.3) is 0 Å². The largest absolute Gasteiger partial charge is 0.497 e. The maximum atomic E-state index is 12.9. The molecule has 2 aliphatic heterocycles. The number of benzene rings is 1. The maximum absolute atomic E-state index is 12.9. The lowest BCUT2D eigenvalue weighted by atomic mass is 9.76. The van der Waals surface area contributed by atoms with Crippen LogP contribution in [0, 0.1) is 5.41 Å². The first-order chi connectivity index (χ1) is 13.0. The summed E-state index contributed by atoms with van der Waals surface area (Å²) in [6.07, 6.45) is 5.39. The lowest BCUT2D eigenvalue weighted by Gasteiger charge is -2.37. The number of carbonyl (C=O) groups is 1. The number of rotatable bonds is 7. The lowest BCUT2D eigenvalue weighted by molar-refractivity contribution is -0.125. The number of nitrogens with zero attached hydrogens (tertiary/aromatic N) is 2. The van der Waals surface area contributed by atoms with E-state index in [1.807, 2.05) is 18.2 Å². The molecule has 5 heteroatoms. The molecule has 3 rings (SSSR count). The van der Waals surface area contributed by atoms with E-state index in [0.717, 1.165) is 51.2 Å².